The molecule has 0 radical (unpaired) electrons. The summed E-state index contributed by atoms with van der Waals surface area (Å²) in [5.74, 6) is -0.506. The van der Waals surface area contributed by atoms with E-state index in [1.165, 1.54) is 23.0 Å². The standard InChI is InChI=1S/C16H15N7O2/c17-15(18)8-1-3-10(13(24)5-8)11-7-23(22-21-11)12-4-2-9(16(19)20)6-14(12)25/h1-7,24-25H,(H3,17,18)(H3,19,20). The molecule has 9 nitrogen and oxygen atoms in total. The van der Waals surface area contributed by atoms with Gasteiger partial charge in [-0.15, -0.1) is 5.10 Å². The Morgan fingerprint density at radius 2 is 1.52 bits per heavy atom. The maximum Gasteiger partial charge on any atom is 0.142 e. The number of nitrogens with one attached hydrogen (secondary N) is 2. The molecule has 0 spiro atoms. The smallest absolute Gasteiger partial charge is 0.142 e. The Morgan fingerprint density at radius 3 is 2.08 bits per heavy atom. The van der Waals surface area contributed by atoms with E-state index in [1.807, 2.05) is 0 Å². The Morgan fingerprint density at radius 1 is 0.920 bits per heavy atom. The molecule has 0 bridgehead atoms. The minimum absolute atomic E-state index is 0.0871. The number of phenolic OH excluding ortho intramolecular Hbond substituents is 2. The van der Waals surface area contributed by atoms with E-state index in [-0.39, 0.29) is 23.2 Å². The van der Waals surface area contributed by atoms with Crippen molar-refractivity contribution in [3.63, 3.8) is 0 Å². The van der Waals surface area contributed by atoms with Crippen LogP contribution in [0, 0.1) is 10.8 Å². The number of nitrogens with two attached hydrogens (primary N) is 2. The normalized spacial score (nSPS) is 10.6. The number of benzene rings is 2. The van der Waals surface area contributed by atoms with E-state index in [2.05, 4.69) is 10.3 Å². The highest BCUT2D eigenvalue weighted by Gasteiger charge is 2.13. The molecular formula is C16H15N7O2. The number of aromatic hydroxyl groups is 2. The van der Waals surface area contributed by atoms with Crippen molar-refractivity contribution < 1.29 is 10.2 Å². The summed E-state index contributed by atoms with van der Waals surface area (Å²) in [6, 6.07) is 9.05. The summed E-state index contributed by atoms with van der Waals surface area (Å²) in [6.45, 7) is 0. The van der Waals surface area contributed by atoms with Gasteiger partial charge in [0.1, 0.15) is 34.6 Å². The molecule has 3 aromatic rings. The van der Waals surface area contributed by atoms with Crippen molar-refractivity contribution in [3.8, 4) is 28.4 Å². The molecule has 126 valence electrons. The third-order valence-electron chi connectivity index (χ3n) is 3.61. The first kappa shape index (κ1) is 16.0. The SMILES string of the molecule is N=C(N)c1ccc(-c2cn(-c3ccc(C(=N)N)cc3O)nn2)c(O)c1. The third-order valence-corrected chi connectivity index (χ3v) is 3.61. The molecule has 0 amide bonds. The predicted molar refractivity (Wildman–Crippen MR) is 92.2 cm³/mol. The number of amidine groups is 2. The summed E-state index contributed by atoms with van der Waals surface area (Å²) in [4.78, 5) is 0. The Hall–Kier alpha value is -3.88. The lowest BCUT2D eigenvalue weighted by molar-refractivity contribution is 0.469. The van der Waals surface area contributed by atoms with E-state index >= 15 is 0 Å². The first-order valence-electron chi connectivity index (χ1n) is 7.14. The summed E-state index contributed by atoms with van der Waals surface area (Å²) in [5, 5.41) is 42.9. The van der Waals surface area contributed by atoms with Crippen LogP contribution < -0.4 is 11.5 Å². The van der Waals surface area contributed by atoms with Crippen molar-refractivity contribution >= 4 is 11.7 Å². The number of nitrogens with zero attached hydrogens (tertiary/aromatic N) is 3. The summed E-state index contributed by atoms with van der Waals surface area (Å²) in [6.07, 6.45) is 1.53. The van der Waals surface area contributed by atoms with Gasteiger partial charge in [-0.25, -0.2) is 4.68 Å². The fourth-order valence-corrected chi connectivity index (χ4v) is 2.31. The first-order valence-corrected chi connectivity index (χ1v) is 7.14. The summed E-state index contributed by atoms with van der Waals surface area (Å²) >= 11 is 0. The molecule has 0 aliphatic carbocycles. The molecule has 0 saturated heterocycles. The number of rotatable bonds is 4. The second kappa shape index (κ2) is 5.96. The summed E-state index contributed by atoms with van der Waals surface area (Å²) in [7, 11) is 0. The first-order chi connectivity index (χ1) is 11.9. The Kier molecular flexibility index (Phi) is 3.82. The summed E-state index contributed by atoms with van der Waals surface area (Å²) < 4.78 is 1.34. The molecule has 0 fully saturated rings. The number of hydrogen-bond acceptors (Lipinski definition) is 6. The van der Waals surface area contributed by atoms with E-state index in [4.69, 9.17) is 22.3 Å². The molecule has 0 saturated carbocycles. The van der Waals surface area contributed by atoms with Gasteiger partial charge in [-0.2, -0.15) is 0 Å². The highest BCUT2D eigenvalue weighted by molar-refractivity contribution is 5.96. The van der Waals surface area contributed by atoms with Crippen LogP contribution in [0.3, 0.4) is 0 Å². The van der Waals surface area contributed by atoms with Gasteiger partial charge in [0.25, 0.3) is 0 Å². The van der Waals surface area contributed by atoms with Crippen molar-refractivity contribution in [1.82, 2.24) is 15.0 Å². The van der Waals surface area contributed by atoms with E-state index < -0.39 is 0 Å². The zero-order valence-electron chi connectivity index (χ0n) is 12.9. The van der Waals surface area contributed by atoms with E-state index in [0.29, 0.717) is 28.1 Å². The van der Waals surface area contributed by atoms with Crippen LogP contribution in [0.2, 0.25) is 0 Å². The molecule has 8 N–H and O–H groups in total. The predicted octanol–water partition coefficient (Wildman–Crippen LogP) is 0.914. The average Bonchev–Trinajstić information content (AvgIpc) is 3.03. The lowest BCUT2D eigenvalue weighted by Gasteiger charge is -2.06. The van der Waals surface area contributed by atoms with Crippen LogP contribution in [-0.4, -0.2) is 36.9 Å². The molecule has 0 aliphatic rings. The van der Waals surface area contributed by atoms with Gasteiger partial charge in [0.05, 0.1) is 6.20 Å². The van der Waals surface area contributed by atoms with Gasteiger partial charge in [0.2, 0.25) is 0 Å². The molecule has 3 rings (SSSR count). The van der Waals surface area contributed by atoms with Crippen molar-refractivity contribution in [2.75, 3.05) is 0 Å². The molecule has 9 heteroatoms. The van der Waals surface area contributed by atoms with Crippen molar-refractivity contribution in [1.29, 1.82) is 10.8 Å². The van der Waals surface area contributed by atoms with Crippen LogP contribution >= 0.6 is 0 Å². The Bertz CT molecular complexity index is 916. The lowest BCUT2D eigenvalue weighted by atomic mass is 10.1. The van der Waals surface area contributed by atoms with Crippen molar-refractivity contribution in [2.45, 2.75) is 0 Å². The van der Waals surface area contributed by atoms with E-state index in [1.54, 1.807) is 24.3 Å². The second-order valence-corrected chi connectivity index (χ2v) is 5.31. The zero-order chi connectivity index (χ0) is 18.1. The largest absolute Gasteiger partial charge is 0.507 e. The van der Waals surface area contributed by atoms with Crippen LogP contribution in [0.4, 0.5) is 0 Å². The fourth-order valence-electron chi connectivity index (χ4n) is 2.31. The van der Waals surface area contributed by atoms with Crippen molar-refractivity contribution in [3.05, 3.63) is 53.7 Å². The highest BCUT2D eigenvalue weighted by Crippen LogP contribution is 2.30. The minimum Gasteiger partial charge on any atom is -0.507 e. The van der Waals surface area contributed by atoms with E-state index in [9.17, 15) is 10.2 Å². The minimum atomic E-state index is -0.156. The molecular weight excluding hydrogens is 322 g/mol. The topological polar surface area (TPSA) is 171 Å². The van der Waals surface area contributed by atoms with Crippen molar-refractivity contribution in [2.24, 2.45) is 11.5 Å². The third kappa shape index (κ3) is 2.98. The van der Waals surface area contributed by atoms with Gasteiger partial charge >= 0.3 is 0 Å². The van der Waals surface area contributed by atoms with Crippen LogP contribution in [-0.2, 0) is 0 Å². The Labute approximate surface area is 142 Å². The fraction of sp³-hybridized carbons (Fsp3) is 0. The van der Waals surface area contributed by atoms with Crippen LogP contribution in [0.15, 0.2) is 42.6 Å². The molecule has 0 aliphatic heterocycles. The zero-order valence-corrected chi connectivity index (χ0v) is 12.9. The second-order valence-electron chi connectivity index (χ2n) is 5.31. The molecule has 25 heavy (non-hydrogen) atoms. The number of nitrogen functional groups attached to an aromatic ring is 2. The highest BCUT2D eigenvalue weighted by atomic mass is 16.3. The molecule has 0 unspecified atom stereocenters. The van der Waals surface area contributed by atoms with Crippen LogP contribution in [0.5, 0.6) is 11.5 Å². The van der Waals surface area contributed by atoms with Crippen LogP contribution in [0.1, 0.15) is 11.1 Å². The van der Waals surface area contributed by atoms with Gasteiger partial charge in [-0.1, -0.05) is 11.3 Å². The van der Waals surface area contributed by atoms with Gasteiger partial charge in [-0.05, 0) is 30.3 Å². The van der Waals surface area contributed by atoms with Gasteiger partial charge in [-0.3, -0.25) is 10.8 Å². The van der Waals surface area contributed by atoms with Gasteiger partial charge in [0, 0.05) is 16.7 Å². The average molecular weight is 337 g/mol. The maximum absolute atomic E-state index is 10.1. The summed E-state index contributed by atoms with van der Waals surface area (Å²) in [5.41, 5.74) is 12.7. The monoisotopic (exact) mass is 337 g/mol. The molecule has 1 aromatic heterocycles. The number of aromatic nitrogens is 3. The maximum atomic E-state index is 10.1. The molecule has 2 aromatic carbocycles. The number of phenols is 2. The lowest BCUT2D eigenvalue weighted by Crippen LogP contribution is -2.11. The van der Waals surface area contributed by atoms with Crippen LogP contribution in [0.25, 0.3) is 16.9 Å². The van der Waals surface area contributed by atoms with Gasteiger partial charge < -0.3 is 21.7 Å². The number of hydrogen-bond donors (Lipinski definition) is 6. The Balaban J connectivity index is 1.98. The van der Waals surface area contributed by atoms with E-state index in [0.717, 1.165) is 0 Å². The van der Waals surface area contributed by atoms with Gasteiger partial charge in [0.15, 0.2) is 0 Å². The molecule has 0 atom stereocenters. The molecule has 1 heterocycles. The quantitative estimate of drug-likeness (QED) is 0.305.